The molecule has 0 N–H and O–H groups in total. The van der Waals surface area contributed by atoms with Gasteiger partial charge in [-0.3, -0.25) is 4.79 Å². The minimum Gasteiger partial charge on any atom is -0.462 e. The molecule has 2 rings (SSSR count). The van der Waals surface area contributed by atoms with Crippen molar-refractivity contribution >= 4 is 16.9 Å². The molecule has 1 aromatic heterocycles. The number of unbranched alkanes of at least 4 members (excludes halogenated alkanes) is 6. The third-order valence-electron chi connectivity index (χ3n) is 4.71. The molecule has 0 saturated carbocycles. The van der Waals surface area contributed by atoms with E-state index in [1.165, 1.54) is 18.9 Å². The zero-order valence-electron chi connectivity index (χ0n) is 16.1. The smallest absolute Gasteiger partial charge is 0.339 e. The fourth-order valence-electron chi connectivity index (χ4n) is 3.20. The number of hydrogen-bond acceptors (Lipinski definition) is 3. The third-order valence-corrected chi connectivity index (χ3v) is 4.71. The van der Waals surface area contributed by atoms with Crippen LogP contribution in [0, 0.1) is 0 Å². The zero-order valence-corrected chi connectivity index (χ0v) is 16.1. The summed E-state index contributed by atoms with van der Waals surface area (Å²) >= 11 is 0. The van der Waals surface area contributed by atoms with Crippen molar-refractivity contribution in [1.82, 2.24) is 4.57 Å². The second kappa shape index (κ2) is 10.8. The summed E-state index contributed by atoms with van der Waals surface area (Å²) in [6, 6.07) is 9.05. The number of para-hydroxylation sites is 1. The highest BCUT2D eigenvalue weighted by Gasteiger charge is 2.15. The molecule has 1 aromatic carbocycles. The number of pyridine rings is 1. The maximum atomic E-state index is 12.6. The van der Waals surface area contributed by atoms with Crippen LogP contribution in [0.2, 0.25) is 0 Å². The Kier molecular flexibility index (Phi) is 8.39. The monoisotopic (exact) mass is 357 g/mol. The van der Waals surface area contributed by atoms with Crippen LogP contribution < -0.4 is 5.56 Å². The number of carbonyl (C=O) groups is 1. The van der Waals surface area contributed by atoms with E-state index in [1.807, 2.05) is 24.3 Å². The summed E-state index contributed by atoms with van der Waals surface area (Å²) in [6.07, 6.45) is 8.64. The first kappa shape index (κ1) is 20.2. The zero-order chi connectivity index (χ0) is 18.8. The van der Waals surface area contributed by atoms with E-state index >= 15 is 0 Å². The molecule has 0 unspecified atom stereocenters. The molecular formula is C22H31NO3. The SMILES string of the molecule is CCCCCCOC(=O)c1cc(=O)n(CCCCCC)c2ccccc12. The second-order valence-electron chi connectivity index (χ2n) is 6.82. The van der Waals surface area contributed by atoms with Gasteiger partial charge in [0.05, 0.1) is 17.7 Å². The number of hydrogen-bond donors (Lipinski definition) is 0. The van der Waals surface area contributed by atoms with Gasteiger partial charge in [0.25, 0.3) is 5.56 Å². The number of carbonyl (C=O) groups excluding carboxylic acids is 1. The molecule has 0 radical (unpaired) electrons. The molecule has 0 amide bonds. The summed E-state index contributed by atoms with van der Waals surface area (Å²) in [5.74, 6) is -0.395. The maximum Gasteiger partial charge on any atom is 0.339 e. The Morgan fingerprint density at radius 1 is 0.962 bits per heavy atom. The van der Waals surface area contributed by atoms with Gasteiger partial charge in [-0.2, -0.15) is 0 Å². The van der Waals surface area contributed by atoms with Crippen molar-refractivity contribution in [2.45, 2.75) is 71.8 Å². The van der Waals surface area contributed by atoms with Crippen LogP contribution in [0.1, 0.15) is 75.6 Å². The highest BCUT2D eigenvalue weighted by molar-refractivity contribution is 6.03. The molecule has 0 aliphatic carbocycles. The van der Waals surface area contributed by atoms with Gasteiger partial charge in [-0.05, 0) is 18.9 Å². The van der Waals surface area contributed by atoms with Crippen LogP contribution in [-0.4, -0.2) is 17.1 Å². The number of aromatic nitrogens is 1. The van der Waals surface area contributed by atoms with E-state index in [2.05, 4.69) is 13.8 Å². The highest BCUT2D eigenvalue weighted by Crippen LogP contribution is 2.19. The normalized spacial score (nSPS) is 11.0. The Hall–Kier alpha value is -2.10. The van der Waals surface area contributed by atoms with Gasteiger partial charge in [0, 0.05) is 18.0 Å². The van der Waals surface area contributed by atoms with Crippen LogP contribution in [0.5, 0.6) is 0 Å². The van der Waals surface area contributed by atoms with Crippen molar-refractivity contribution in [3.8, 4) is 0 Å². The molecular weight excluding hydrogens is 326 g/mol. The molecule has 2 aromatic rings. The number of nitrogens with zero attached hydrogens (tertiary/aromatic N) is 1. The van der Waals surface area contributed by atoms with E-state index in [-0.39, 0.29) is 5.56 Å². The predicted octanol–water partition coefficient (Wildman–Crippen LogP) is 5.32. The second-order valence-corrected chi connectivity index (χ2v) is 6.82. The first-order valence-corrected chi connectivity index (χ1v) is 9.98. The lowest BCUT2D eigenvalue weighted by molar-refractivity contribution is 0.0500. The van der Waals surface area contributed by atoms with Crippen LogP contribution in [-0.2, 0) is 11.3 Å². The van der Waals surface area contributed by atoms with E-state index in [1.54, 1.807) is 4.57 Å². The fourth-order valence-corrected chi connectivity index (χ4v) is 3.20. The Morgan fingerprint density at radius 3 is 2.38 bits per heavy atom. The molecule has 0 aliphatic rings. The molecule has 0 saturated heterocycles. The Labute approximate surface area is 156 Å². The average Bonchev–Trinajstić information content (AvgIpc) is 2.66. The maximum absolute atomic E-state index is 12.6. The van der Waals surface area contributed by atoms with Gasteiger partial charge in [0.15, 0.2) is 0 Å². The number of benzene rings is 1. The quantitative estimate of drug-likeness (QED) is 0.404. The standard InChI is InChI=1S/C22H31NO3/c1-3-5-7-11-15-23-20-14-10-9-13-18(20)19(17-21(23)24)22(25)26-16-12-8-6-4-2/h9-10,13-14,17H,3-8,11-12,15-16H2,1-2H3. The molecule has 0 aliphatic heterocycles. The van der Waals surface area contributed by atoms with E-state index in [4.69, 9.17) is 4.74 Å². The number of fused-ring (bicyclic) bond motifs is 1. The summed E-state index contributed by atoms with van der Waals surface area (Å²) in [4.78, 5) is 25.1. The first-order valence-electron chi connectivity index (χ1n) is 9.98. The summed E-state index contributed by atoms with van der Waals surface area (Å²) in [5.41, 5.74) is 1.07. The lowest BCUT2D eigenvalue weighted by atomic mass is 10.1. The van der Waals surface area contributed by atoms with Gasteiger partial charge >= 0.3 is 5.97 Å². The minimum absolute atomic E-state index is 0.127. The Balaban J connectivity index is 2.18. The third kappa shape index (κ3) is 5.45. The van der Waals surface area contributed by atoms with Gasteiger partial charge in [0.2, 0.25) is 0 Å². The number of ether oxygens (including phenoxy) is 1. The van der Waals surface area contributed by atoms with Crippen LogP contribution in [0.25, 0.3) is 10.9 Å². The van der Waals surface area contributed by atoms with Gasteiger partial charge in [0.1, 0.15) is 0 Å². The topological polar surface area (TPSA) is 48.3 Å². The van der Waals surface area contributed by atoms with E-state index in [0.29, 0.717) is 18.7 Å². The first-order chi connectivity index (χ1) is 12.7. The average molecular weight is 357 g/mol. The number of esters is 1. The molecule has 4 nitrogen and oxygen atoms in total. The summed E-state index contributed by atoms with van der Waals surface area (Å²) in [7, 11) is 0. The van der Waals surface area contributed by atoms with Crippen molar-refractivity contribution in [3.63, 3.8) is 0 Å². The molecule has 0 atom stereocenters. The van der Waals surface area contributed by atoms with Crippen molar-refractivity contribution < 1.29 is 9.53 Å². The molecule has 0 bridgehead atoms. The largest absolute Gasteiger partial charge is 0.462 e. The Morgan fingerprint density at radius 2 is 1.65 bits per heavy atom. The molecule has 1 heterocycles. The highest BCUT2D eigenvalue weighted by atomic mass is 16.5. The molecule has 4 heteroatoms. The van der Waals surface area contributed by atoms with Crippen molar-refractivity contribution in [1.29, 1.82) is 0 Å². The molecule has 0 fully saturated rings. The Bertz CT molecular complexity index is 764. The molecule has 26 heavy (non-hydrogen) atoms. The van der Waals surface area contributed by atoms with Crippen molar-refractivity contribution in [2.75, 3.05) is 6.61 Å². The van der Waals surface area contributed by atoms with Crippen molar-refractivity contribution in [3.05, 3.63) is 46.2 Å². The number of rotatable bonds is 11. The van der Waals surface area contributed by atoms with E-state index < -0.39 is 5.97 Å². The van der Waals surface area contributed by atoms with E-state index in [0.717, 1.165) is 49.4 Å². The van der Waals surface area contributed by atoms with Crippen molar-refractivity contribution in [2.24, 2.45) is 0 Å². The van der Waals surface area contributed by atoms with Gasteiger partial charge in [-0.25, -0.2) is 4.79 Å². The summed E-state index contributed by atoms with van der Waals surface area (Å²) < 4.78 is 7.18. The van der Waals surface area contributed by atoms with Gasteiger partial charge < -0.3 is 9.30 Å². The van der Waals surface area contributed by atoms with E-state index in [9.17, 15) is 9.59 Å². The number of aryl methyl sites for hydroxylation is 1. The summed E-state index contributed by atoms with van der Waals surface area (Å²) in [6.45, 7) is 5.42. The predicted molar refractivity (Wildman–Crippen MR) is 107 cm³/mol. The van der Waals surface area contributed by atoms with Crippen LogP contribution in [0.3, 0.4) is 0 Å². The molecule has 142 valence electrons. The lowest BCUT2D eigenvalue weighted by Gasteiger charge is -2.13. The summed E-state index contributed by atoms with van der Waals surface area (Å²) in [5, 5.41) is 0.793. The van der Waals surface area contributed by atoms with Gasteiger partial charge in [-0.1, -0.05) is 70.6 Å². The van der Waals surface area contributed by atoms with Crippen LogP contribution >= 0.6 is 0 Å². The van der Waals surface area contributed by atoms with Crippen LogP contribution in [0.4, 0.5) is 0 Å². The minimum atomic E-state index is -0.395. The van der Waals surface area contributed by atoms with Gasteiger partial charge in [-0.15, -0.1) is 0 Å². The molecule has 0 spiro atoms. The lowest BCUT2D eigenvalue weighted by Crippen LogP contribution is -2.23. The fraction of sp³-hybridized carbons (Fsp3) is 0.545. The van der Waals surface area contributed by atoms with Crippen LogP contribution in [0.15, 0.2) is 35.1 Å².